The van der Waals surface area contributed by atoms with Crippen LogP contribution in [0.3, 0.4) is 0 Å². The van der Waals surface area contributed by atoms with Crippen molar-refractivity contribution in [3.8, 4) is 0 Å². The molecular formula is C80H80N14O6. The molecule has 6 aromatic carbocycles. The zero-order valence-electron chi connectivity index (χ0n) is 55.4. The van der Waals surface area contributed by atoms with Crippen molar-refractivity contribution in [2.75, 3.05) is 36.0 Å². The molecule has 0 spiro atoms. The summed E-state index contributed by atoms with van der Waals surface area (Å²) in [5.74, 6) is -3.23. The molecule has 10 aromatic rings. The highest BCUT2D eigenvalue weighted by atomic mass is 16.2. The van der Waals surface area contributed by atoms with Gasteiger partial charge < -0.3 is 41.7 Å². The van der Waals surface area contributed by atoms with Gasteiger partial charge in [-0.05, 0) is 106 Å². The number of rotatable bonds is 35. The zero-order valence-corrected chi connectivity index (χ0v) is 55.4. The van der Waals surface area contributed by atoms with Crippen LogP contribution >= 0.6 is 0 Å². The highest BCUT2D eigenvalue weighted by Gasteiger charge is 2.26. The molecule has 4 aromatic heterocycles. The van der Waals surface area contributed by atoms with Crippen molar-refractivity contribution in [3.05, 3.63) is 324 Å². The predicted octanol–water partition coefficient (Wildman–Crippen LogP) is 8.36. The number of hydrogen-bond acceptors (Lipinski definition) is 14. The second-order valence-corrected chi connectivity index (χ2v) is 23.8. The van der Waals surface area contributed by atoms with Crippen molar-refractivity contribution in [1.29, 1.82) is 0 Å². The number of pyridine rings is 4. The second kappa shape index (κ2) is 37.8. The Kier molecular flexibility index (Phi) is 26.7. The van der Waals surface area contributed by atoms with Crippen molar-refractivity contribution in [1.82, 2.24) is 51.8 Å². The number of hydrogen-bond donors (Lipinski definition) is 6. The van der Waals surface area contributed by atoms with Crippen molar-refractivity contribution in [2.45, 2.75) is 76.0 Å². The van der Waals surface area contributed by atoms with E-state index in [1.54, 1.807) is 37.2 Å². The fourth-order valence-electron chi connectivity index (χ4n) is 11.0. The molecule has 0 radical (unpaired) electrons. The lowest BCUT2D eigenvalue weighted by molar-refractivity contribution is -0.130. The van der Waals surface area contributed by atoms with E-state index in [1.165, 1.54) is 0 Å². The number of carbonyl (C=O) groups is 6. The first-order valence-corrected chi connectivity index (χ1v) is 33.2. The van der Waals surface area contributed by atoms with E-state index >= 15 is 0 Å². The van der Waals surface area contributed by atoms with E-state index in [0.29, 0.717) is 26.2 Å². The van der Waals surface area contributed by atoms with E-state index in [9.17, 15) is 28.8 Å². The Bertz CT molecular complexity index is 3870. The molecule has 100 heavy (non-hydrogen) atoms. The van der Waals surface area contributed by atoms with Gasteiger partial charge in [-0.2, -0.15) is 0 Å². The van der Waals surface area contributed by atoms with Gasteiger partial charge in [0.05, 0.1) is 62.0 Å². The summed E-state index contributed by atoms with van der Waals surface area (Å²) in [6.45, 7) is 1.27. The normalized spacial score (nSPS) is 12.3. The minimum atomic E-state index is -1.07. The molecule has 20 nitrogen and oxygen atoms in total. The van der Waals surface area contributed by atoms with E-state index in [1.807, 2.05) is 243 Å². The number of aromatic nitrogens is 4. The molecule has 20 heteroatoms. The topological polar surface area (TPSA) is 257 Å². The molecule has 4 heterocycles. The summed E-state index contributed by atoms with van der Waals surface area (Å²) in [7, 11) is 0. The largest absolute Gasteiger partial charge is 0.360 e. The van der Waals surface area contributed by atoms with Crippen molar-refractivity contribution in [3.63, 3.8) is 0 Å². The van der Waals surface area contributed by atoms with Crippen molar-refractivity contribution >= 4 is 59.2 Å². The summed E-state index contributed by atoms with van der Waals surface area (Å²) in [5, 5.41) is 16.8. The third-order valence-electron chi connectivity index (χ3n) is 16.2. The first kappa shape index (κ1) is 70.5. The highest BCUT2D eigenvalue weighted by Crippen LogP contribution is 2.23. The molecule has 2 unspecified atom stereocenters. The predicted molar refractivity (Wildman–Crippen MR) is 389 cm³/mol. The van der Waals surface area contributed by atoms with Crippen LogP contribution in [-0.2, 0) is 80.6 Å². The summed E-state index contributed by atoms with van der Waals surface area (Å²) >= 11 is 0. The summed E-state index contributed by atoms with van der Waals surface area (Å²) < 4.78 is 0. The molecule has 0 saturated heterocycles. The number of amides is 6. The standard InChI is InChI=1S/C80H80N14O6/c95-75(53-89-77(97)71(47-59-21-5-1-6-22-59)87-51-63-33-37-69(38-34-63)93(55-65-29-13-17-41-81-65)56-66-30-14-18-42-82-66)91-73(49-61-25-9-3-10-26-61)79(99)85-45-46-86-80(100)74(50-62-27-11-4-12-28-62)92-76(96)54-90-78(98)72(48-60-23-7-2-8-24-60)88-52-64-35-39-70(40-36-64)94(57-67-31-15-19-43-83-67)58-68-32-16-20-44-84-68/h1-44,51-52,71-74H,45-50,53-58H2,(H,85,99)(H,86,100)(H,89,97)(H,90,98)(H,91,95)(H,92,96)/t71-,72?,73+,74?/m0/s1. The van der Waals surface area contributed by atoms with E-state index in [2.05, 4.69) is 61.6 Å². The lowest BCUT2D eigenvalue weighted by Gasteiger charge is -2.24. The average Bonchev–Trinajstić information content (AvgIpc) is 0.875. The molecule has 0 bridgehead atoms. The lowest BCUT2D eigenvalue weighted by Crippen LogP contribution is -2.53. The van der Waals surface area contributed by atoms with Crippen LogP contribution in [0.5, 0.6) is 0 Å². The van der Waals surface area contributed by atoms with Crippen LogP contribution in [0.1, 0.15) is 56.2 Å². The summed E-state index contributed by atoms with van der Waals surface area (Å²) in [4.78, 5) is 116. The van der Waals surface area contributed by atoms with E-state index in [0.717, 1.165) is 67.5 Å². The Labute approximate surface area is 582 Å². The molecule has 0 saturated carbocycles. The number of nitrogens with zero attached hydrogens (tertiary/aromatic N) is 8. The monoisotopic (exact) mass is 1330 g/mol. The van der Waals surface area contributed by atoms with Gasteiger partial charge in [-0.25, -0.2) is 0 Å². The lowest BCUT2D eigenvalue weighted by atomic mass is 10.0. The molecule has 6 amide bonds. The maximum absolute atomic E-state index is 14.0. The van der Waals surface area contributed by atoms with Gasteiger partial charge in [-0.1, -0.05) is 170 Å². The maximum Gasteiger partial charge on any atom is 0.245 e. The minimum absolute atomic E-state index is 0.0368. The van der Waals surface area contributed by atoms with Crippen LogP contribution in [0.2, 0.25) is 0 Å². The molecule has 0 aliphatic heterocycles. The zero-order chi connectivity index (χ0) is 69.4. The molecule has 0 aliphatic rings. The molecular weight excluding hydrogens is 1250 g/mol. The number of aliphatic imine (C=N–C) groups is 2. The minimum Gasteiger partial charge on any atom is -0.360 e. The van der Waals surface area contributed by atoms with Crippen LogP contribution in [0.15, 0.2) is 277 Å². The van der Waals surface area contributed by atoms with E-state index < -0.39 is 72.7 Å². The molecule has 6 N–H and O–H groups in total. The molecule has 0 fully saturated rings. The van der Waals surface area contributed by atoms with Gasteiger partial charge >= 0.3 is 0 Å². The summed E-state index contributed by atoms with van der Waals surface area (Å²) in [6, 6.07) is 72.4. The van der Waals surface area contributed by atoms with Gasteiger partial charge in [-0.15, -0.1) is 0 Å². The Morgan fingerprint density at radius 2 is 0.620 bits per heavy atom. The number of anilines is 2. The van der Waals surface area contributed by atoms with Gasteiger partial charge in [-0.3, -0.25) is 58.7 Å². The number of benzene rings is 6. The Balaban J connectivity index is 0.732. The quantitative estimate of drug-likeness (QED) is 0.0162. The van der Waals surface area contributed by atoms with E-state index in [-0.39, 0.29) is 38.8 Å². The van der Waals surface area contributed by atoms with E-state index in [4.69, 9.17) is 9.98 Å². The number of carbonyl (C=O) groups excluding carboxylic acids is 6. The van der Waals surface area contributed by atoms with Crippen LogP contribution in [0, 0.1) is 0 Å². The first-order chi connectivity index (χ1) is 49.0. The molecule has 4 atom stereocenters. The van der Waals surface area contributed by atoms with Crippen molar-refractivity contribution in [2.24, 2.45) is 9.98 Å². The Hall–Kier alpha value is -12.3. The molecule has 0 aliphatic carbocycles. The number of nitrogens with one attached hydrogen (secondary N) is 6. The van der Waals surface area contributed by atoms with Crippen molar-refractivity contribution < 1.29 is 28.8 Å². The maximum atomic E-state index is 14.0. The average molecular weight is 1330 g/mol. The first-order valence-electron chi connectivity index (χ1n) is 33.2. The molecule has 506 valence electrons. The summed E-state index contributed by atoms with van der Waals surface area (Å²) in [6.07, 6.45) is 11.2. The highest BCUT2D eigenvalue weighted by molar-refractivity contribution is 5.94. The van der Waals surface area contributed by atoms with Gasteiger partial charge in [0, 0.05) is 87.4 Å². The van der Waals surface area contributed by atoms with Gasteiger partial charge in [0.15, 0.2) is 0 Å². The fourth-order valence-corrected chi connectivity index (χ4v) is 11.0. The van der Waals surface area contributed by atoms with Gasteiger partial charge in [0.1, 0.15) is 24.2 Å². The third-order valence-corrected chi connectivity index (χ3v) is 16.2. The molecule has 10 rings (SSSR count). The second-order valence-electron chi connectivity index (χ2n) is 23.8. The van der Waals surface area contributed by atoms with Crippen LogP contribution in [0.4, 0.5) is 11.4 Å². The van der Waals surface area contributed by atoms with Crippen LogP contribution in [-0.4, -0.2) is 118 Å². The van der Waals surface area contributed by atoms with Crippen LogP contribution < -0.4 is 41.7 Å². The Morgan fingerprint density at radius 1 is 0.330 bits per heavy atom. The Morgan fingerprint density at radius 3 is 0.910 bits per heavy atom. The van der Waals surface area contributed by atoms with Gasteiger partial charge in [0.25, 0.3) is 0 Å². The SMILES string of the molecule is O=C(CNC(=O)C(Cc1ccccc1)N=Cc1ccc(N(Cc2ccccn2)Cc2ccccn2)cc1)NC(Cc1ccccc1)C(=O)NCCNC(=O)[C@@H](Cc1ccccc1)NC(=O)CNC(=O)[C@H](Cc1ccccc1)N=Cc1ccc(N(Cc2ccccn2)Cc2ccccn2)cc1. The smallest absolute Gasteiger partial charge is 0.245 e. The van der Waals surface area contributed by atoms with Gasteiger partial charge in [0.2, 0.25) is 35.4 Å². The van der Waals surface area contributed by atoms with Crippen LogP contribution in [0.25, 0.3) is 0 Å². The third kappa shape index (κ3) is 23.2. The fraction of sp³-hybridized carbons (Fsp3) is 0.200. The summed E-state index contributed by atoms with van der Waals surface area (Å²) in [5.41, 5.74) is 10.3.